The zero-order valence-corrected chi connectivity index (χ0v) is 9.20. The topological polar surface area (TPSA) is 71.5 Å². The Kier molecular flexibility index (Phi) is 4.90. The molecule has 0 fully saturated rings. The molecule has 0 spiro atoms. The van der Waals surface area contributed by atoms with Crippen molar-refractivity contribution in [2.75, 3.05) is 25.1 Å². The number of carboxylic acids is 1. The summed E-state index contributed by atoms with van der Waals surface area (Å²) >= 11 is 0. The molecule has 0 aliphatic rings. The summed E-state index contributed by atoms with van der Waals surface area (Å²) in [7, 11) is 0. The van der Waals surface area contributed by atoms with Gasteiger partial charge in [-0.3, -0.25) is 0 Å². The van der Waals surface area contributed by atoms with Crippen LogP contribution in [0.25, 0.3) is 0 Å². The third-order valence-corrected chi connectivity index (χ3v) is 1.82. The van der Waals surface area contributed by atoms with Crippen LogP contribution in [0.5, 0.6) is 0 Å². The molecule has 18 heavy (non-hydrogen) atoms. The van der Waals surface area contributed by atoms with Crippen LogP contribution in [0.2, 0.25) is 0 Å². The number of halogens is 3. The fourth-order valence-corrected chi connectivity index (χ4v) is 1.10. The van der Waals surface area contributed by atoms with Crippen molar-refractivity contribution in [3.8, 4) is 0 Å². The predicted molar refractivity (Wildman–Crippen MR) is 56.2 cm³/mol. The number of hydrogen-bond donors (Lipinski definition) is 2. The largest absolute Gasteiger partial charge is 0.480 e. The number of pyridine rings is 1. The summed E-state index contributed by atoms with van der Waals surface area (Å²) in [4.78, 5) is 13.5. The van der Waals surface area contributed by atoms with Gasteiger partial charge in [0.05, 0.1) is 6.61 Å². The lowest BCUT2D eigenvalue weighted by molar-refractivity contribution is -0.142. The maximum Gasteiger partial charge on any atom is 0.433 e. The number of aliphatic carboxylic acids is 1. The number of anilines is 1. The lowest BCUT2D eigenvalue weighted by Crippen LogP contribution is -2.15. The quantitative estimate of drug-likeness (QED) is 0.764. The first-order valence-corrected chi connectivity index (χ1v) is 4.97. The minimum Gasteiger partial charge on any atom is -0.480 e. The van der Waals surface area contributed by atoms with Crippen molar-refractivity contribution in [3.05, 3.63) is 23.9 Å². The van der Waals surface area contributed by atoms with Crippen LogP contribution in [0.15, 0.2) is 18.2 Å². The normalized spacial score (nSPS) is 11.3. The Hall–Kier alpha value is -1.83. The fraction of sp³-hybridized carbons (Fsp3) is 0.400. The fourth-order valence-electron chi connectivity index (χ4n) is 1.10. The highest BCUT2D eigenvalue weighted by atomic mass is 19.4. The Morgan fingerprint density at radius 1 is 1.44 bits per heavy atom. The monoisotopic (exact) mass is 264 g/mol. The molecule has 0 aromatic carbocycles. The zero-order valence-electron chi connectivity index (χ0n) is 9.20. The second-order valence-electron chi connectivity index (χ2n) is 3.28. The van der Waals surface area contributed by atoms with Gasteiger partial charge in [-0.15, -0.1) is 0 Å². The van der Waals surface area contributed by atoms with E-state index in [1.165, 1.54) is 12.1 Å². The van der Waals surface area contributed by atoms with Crippen molar-refractivity contribution in [2.24, 2.45) is 0 Å². The van der Waals surface area contributed by atoms with E-state index in [1.807, 2.05) is 0 Å². The van der Waals surface area contributed by atoms with Crippen LogP contribution in [0.1, 0.15) is 5.69 Å². The van der Waals surface area contributed by atoms with Crippen molar-refractivity contribution >= 4 is 11.8 Å². The molecule has 0 atom stereocenters. The van der Waals surface area contributed by atoms with Gasteiger partial charge in [-0.25, -0.2) is 9.78 Å². The Morgan fingerprint density at radius 3 is 2.78 bits per heavy atom. The summed E-state index contributed by atoms with van der Waals surface area (Å²) in [5, 5.41) is 10.9. The molecule has 1 aromatic heterocycles. The molecule has 0 saturated heterocycles. The van der Waals surface area contributed by atoms with Gasteiger partial charge in [0.25, 0.3) is 0 Å². The number of hydrogen-bond acceptors (Lipinski definition) is 4. The Labute approximate surface area is 101 Å². The molecule has 100 valence electrons. The molecule has 8 heteroatoms. The average molecular weight is 264 g/mol. The van der Waals surface area contributed by atoms with Gasteiger partial charge in [0, 0.05) is 6.54 Å². The number of rotatable bonds is 6. The van der Waals surface area contributed by atoms with Gasteiger partial charge >= 0.3 is 12.1 Å². The van der Waals surface area contributed by atoms with Gasteiger partial charge in [-0.05, 0) is 12.1 Å². The van der Waals surface area contributed by atoms with E-state index in [4.69, 9.17) is 9.84 Å². The Balaban J connectivity index is 2.41. The average Bonchev–Trinajstić information content (AvgIpc) is 2.27. The number of nitrogens with zero attached hydrogens (tertiary/aromatic N) is 1. The lowest BCUT2D eigenvalue weighted by Gasteiger charge is -2.09. The molecule has 5 nitrogen and oxygen atoms in total. The van der Waals surface area contributed by atoms with Crippen LogP contribution in [0.3, 0.4) is 0 Å². The van der Waals surface area contributed by atoms with Gasteiger partial charge in [-0.2, -0.15) is 13.2 Å². The van der Waals surface area contributed by atoms with Crippen molar-refractivity contribution in [2.45, 2.75) is 6.18 Å². The highest BCUT2D eigenvalue weighted by Crippen LogP contribution is 2.27. The van der Waals surface area contributed by atoms with E-state index in [2.05, 4.69) is 10.3 Å². The molecule has 0 radical (unpaired) electrons. The Bertz CT molecular complexity index is 410. The van der Waals surface area contributed by atoms with Gasteiger partial charge in [0.1, 0.15) is 18.1 Å². The molecule has 0 amide bonds. The SMILES string of the molecule is O=C(O)COCCNc1cccc(C(F)(F)F)n1. The first-order valence-electron chi connectivity index (χ1n) is 4.97. The van der Waals surface area contributed by atoms with Gasteiger partial charge in [-0.1, -0.05) is 6.07 Å². The molecule has 0 saturated carbocycles. The molecule has 1 rings (SSSR count). The van der Waals surface area contributed by atoms with Crippen molar-refractivity contribution in [1.29, 1.82) is 0 Å². The molecule has 0 bridgehead atoms. The van der Waals surface area contributed by atoms with Crippen LogP contribution < -0.4 is 5.32 Å². The minimum absolute atomic E-state index is 0.0590. The second kappa shape index (κ2) is 6.20. The second-order valence-corrected chi connectivity index (χ2v) is 3.28. The molecule has 0 aliphatic carbocycles. The molecule has 1 heterocycles. The molecular weight excluding hydrogens is 253 g/mol. The third-order valence-electron chi connectivity index (χ3n) is 1.82. The highest BCUT2D eigenvalue weighted by Gasteiger charge is 2.32. The van der Waals surface area contributed by atoms with Crippen LogP contribution in [-0.4, -0.2) is 35.8 Å². The Morgan fingerprint density at radius 2 is 2.17 bits per heavy atom. The van der Waals surface area contributed by atoms with Gasteiger partial charge < -0.3 is 15.2 Å². The number of nitrogens with one attached hydrogen (secondary N) is 1. The van der Waals surface area contributed by atoms with Crippen LogP contribution in [0.4, 0.5) is 19.0 Å². The van der Waals surface area contributed by atoms with Gasteiger partial charge in [0.15, 0.2) is 0 Å². The van der Waals surface area contributed by atoms with E-state index in [1.54, 1.807) is 0 Å². The molecule has 0 unspecified atom stereocenters. The van der Waals surface area contributed by atoms with E-state index >= 15 is 0 Å². The summed E-state index contributed by atoms with van der Waals surface area (Å²) in [6.07, 6.45) is -4.49. The zero-order chi connectivity index (χ0) is 13.6. The molecule has 1 aromatic rings. The summed E-state index contributed by atoms with van der Waals surface area (Å²) in [5.41, 5.74) is -0.987. The number of alkyl halides is 3. The first kappa shape index (κ1) is 14.2. The van der Waals surface area contributed by atoms with E-state index in [9.17, 15) is 18.0 Å². The van der Waals surface area contributed by atoms with E-state index in [-0.39, 0.29) is 19.0 Å². The highest BCUT2D eigenvalue weighted by molar-refractivity contribution is 5.67. The number of ether oxygens (including phenoxy) is 1. The summed E-state index contributed by atoms with van der Waals surface area (Å²) in [6, 6.07) is 3.48. The van der Waals surface area contributed by atoms with Crippen molar-refractivity contribution in [3.63, 3.8) is 0 Å². The van der Waals surface area contributed by atoms with E-state index < -0.39 is 24.4 Å². The summed E-state index contributed by atoms with van der Waals surface area (Å²) < 4.78 is 41.7. The number of carbonyl (C=O) groups is 1. The maximum absolute atomic E-state index is 12.3. The van der Waals surface area contributed by atoms with Crippen LogP contribution >= 0.6 is 0 Å². The third kappa shape index (κ3) is 5.00. The summed E-state index contributed by atoms with van der Waals surface area (Å²) in [5.74, 6) is -1.05. The van der Waals surface area contributed by atoms with Crippen molar-refractivity contribution < 1.29 is 27.8 Å². The lowest BCUT2D eigenvalue weighted by atomic mass is 10.3. The first-order chi connectivity index (χ1) is 8.39. The standard InChI is InChI=1S/C10H11F3N2O3/c11-10(12,13)7-2-1-3-8(15-7)14-4-5-18-6-9(16)17/h1-3H,4-6H2,(H,14,15)(H,16,17). The minimum atomic E-state index is -4.49. The molecule has 0 aliphatic heterocycles. The number of carboxylic acid groups (broad SMARTS) is 1. The van der Waals surface area contributed by atoms with Gasteiger partial charge in [0.2, 0.25) is 0 Å². The van der Waals surface area contributed by atoms with Crippen LogP contribution in [-0.2, 0) is 15.7 Å². The van der Waals surface area contributed by atoms with E-state index in [0.717, 1.165) is 6.07 Å². The molecular formula is C10H11F3N2O3. The smallest absolute Gasteiger partial charge is 0.433 e. The van der Waals surface area contributed by atoms with E-state index in [0.29, 0.717) is 0 Å². The molecule has 2 N–H and O–H groups in total. The number of aromatic nitrogens is 1. The maximum atomic E-state index is 12.3. The van der Waals surface area contributed by atoms with Crippen LogP contribution in [0, 0.1) is 0 Å². The predicted octanol–water partition coefficient (Wildman–Crippen LogP) is 1.61. The summed E-state index contributed by atoms with van der Waals surface area (Å²) in [6.45, 7) is -0.219. The van der Waals surface area contributed by atoms with Crippen molar-refractivity contribution in [1.82, 2.24) is 4.98 Å².